The van der Waals surface area contributed by atoms with Crippen LogP contribution in [0.5, 0.6) is 0 Å². The van der Waals surface area contributed by atoms with Crippen LogP contribution < -0.4 is 5.32 Å². The Kier molecular flexibility index (Phi) is 5.85. The van der Waals surface area contributed by atoms with Gasteiger partial charge in [0.05, 0.1) is 6.54 Å². The van der Waals surface area contributed by atoms with E-state index >= 15 is 0 Å². The number of nitrogens with one attached hydrogen (secondary N) is 1. The summed E-state index contributed by atoms with van der Waals surface area (Å²) in [5.74, 6) is 0.355. The molecule has 116 valence electrons. The van der Waals surface area contributed by atoms with Crippen molar-refractivity contribution in [1.29, 1.82) is 0 Å². The highest BCUT2D eigenvalue weighted by atomic mass is 79.9. The van der Waals surface area contributed by atoms with Gasteiger partial charge in [-0.1, -0.05) is 19.3 Å². The third-order valence-electron chi connectivity index (χ3n) is 3.88. The minimum absolute atomic E-state index is 0.000369. The molecule has 0 bridgehead atoms. The highest BCUT2D eigenvalue weighted by Crippen LogP contribution is 2.24. The van der Waals surface area contributed by atoms with Gasteiger partial charge in [-0.05, 0) is 46.8 Å². The number of carbonyl (C=O) groups is 2. The third kappa shape index (κ3) is 4.88. The highest BCUT2D eigenvalue weighted by molar-refractivity contribution is 9.10. The predicted molar refractivity (Wildman–Crippen MR) is 83.0 cm³/mol. The van der Waals surface area contributed by atoms with E-state index in [1.54, 1.807) is 24.1 Å². The van der Waals surface area contributed by atoms with Crippen molar-refractivity contribution >= 4 is 27.7 Å². The van der Waals surface area contributed by atoms with E-state index in [0.29, 0.717) is 10.6 Å². The van der Waals surface area contributed by atoms with Gasteiger partial charge in [-0.25, -0.2) is 0 Å². The number of nitrogens with zero attached hydrogens (tertiary/aromatic N) is 1. The van der Waals surface area contributed by atoms with Gasteiger partial charge in [0, 0.05) is 13.6 Å². The SMILES string of the molecule is CN(CC1CCCCC1)C(=O)CNC(=O)c1ccc(Br)o1. The largest absolute Gasteiger partial charge is 0.444 e. The van der Waals surface area contributed by atoms with Gasteiger partial charge in [0.1, 0.15) is 0 Å². The van der Waals surface area contributed by atoms with Crippen LogP contribution in [0.4, 0.5) is 0 Å². The summed E-state index contributed by atoms with van der Waals surface area (Å²) in [5.41, 5.74) is 0. The van der Waals surface area contributed by atoms with E-state index in [4.69, 9.17) is 4.42 Å². The Hall–Kier alpha value is -1.30. The quantitative estimate of drug-likeness (QED) is 0.882. The van der Waals surface area contributed by atoms with Crippen LogP contribution in [0.2, 0.25) is 0 Å². The van der Waals surface area contributed by atoms with Gasteiger partial charge in [0.15, 0.2) is 10.4 Å². The number of amides is 2. The van der Waals surface area contributed by atoms with Gasteiger partial charge in [0.2, 0.25) is 5.91 Å². The molecule has 21 heavy (non-hydrogen) atoms. The Labute approximate surface area is 133 Å². The van der Waals surface area contributed by atoms with Crippen molar-refractivity contribution in [3.8, 4) is 0 Å². The number of hydrogen-bond donors (Lipinski definition) is 1. The molecule has 0 atom stereocenters. The average Bonchev–Trinajstić information content (AvgIpc) is 2.92. The summed E-state index contributed by atoms with van der Waals surface area (Å²) < 4.78 is 5.63. The standard InChI is InChI=1S/C15H21BrN2O3/c1-18(10-11-5-3-2-4-6-11)14(19)9-17-15(20)12-7-8-13(16)21-12/h7-8,11H,2-6,9-10H2,1H3,(H,17,20). The highest BCUT2D eigenvalue weighted by Gasteiger charge is 2.19. The van der Waals surface area contributed by atoms with Gasteiger partial charge in [-0.2, -0.15) is 0 Å². The molecular formula is C15H21BrN2O3. The Balaban J connectivity index is 1.74. The molecule has 0 aliphatic heterocycles. The summed E-state index contributed by atoms with van der Waals surface area (Å²) in [4.78, 5) is 25.5. The first-order chi connectivity index (χ1) is 10.1. The van der Waals surface area contributed by atoms with Crippen molar-refractivity contribution in [2.24, 2.45) is 5.92 Å². The molecule has 1 fully saturated rings. The van der Waals surface area contributed by atoms with Gasteiger partial charge >= 0.3 is 0 Å². The topological polar surface area (TPSA) is 62.6 Å². The second kappa shape index (κ2) is 7.64. The summed E-state index contributed by atoms with van der Waals surface area (Å²) in [5, 5.41) is 2.59. The molecule has 0 aromatic carbocycles. The number of rotatable bonds is 5. The molecule has 0 spiro atoms. The smallest absolute Gasteiger partial charge is 0.287 e. The summed E-state index contributed by atoms with van der Waals surface area (Å²) >= 11 is 3.14. The maximum Gasteiger partial charge on any atom is 0.287 e. The molecule has 2 rings (SSSR count). The molecule has 1 aliphatic carbocycles. The summed E-state index contributed by atoms with van der Waals surface area (Å²) in [7, 11) is 1.80. The van der Waals surface area contributed by atoms with E-state index in [0.717, 1.165) is 6.54 Å². The number of furan rings is 1. The number of likely N-dealkylation sites (N-methyl/N-ethyl adjacent to an activating group) is 1. The van der Waals surface area contributed by atoms with E-state index < -0.39 is 0 Å². The van der Waals surface area contributed by atoms with E-state index in [1.807, 2.05) is 0 Å². The van der Waals surface area contributed by atoms with Gasteiger partial charge in [0.25, 0.3) is 5.91 Å². The van der Waals surface area contributed by atoms with Crippen LogP contribution in [0.15, 0.2) is 21.2 Å². The van der Waals surface area contributed by atoms with Crippen LogP contribution in [-0.2, 0) is 4.79 Å². The molecule has 6 heteroatoms. The fourth-order valence-corrected chi connectivity index (χ4v) is 2.98. The Morgan fingerprint density at radius 2 is 2.05 bits per heavy atom. The monoisotopic (exact) mass is 356 g/mol. The van der Waals surface area contributed by atoms with E-state index in [9.17, 15) is 9.59 Å². The molecule has 0 saturated heterocycles. The molecule has 0 radical (unpaired) electrons. The predicted octanol–water partition coefficient (Wildman–Crippen LogP) is 2.81. The van der Waals surface area contributed by atoms with Crippen molar-refractivity contribution in [2.45, 2.75) is 32.1 Å². The molecule has 1 saturated carbocycles. The van der Waals surface area contributed by atoms with Crippen molar-refractivity contribution < 1.29 is 14.0 Å². The van der Waals surface area contributed by atoms with Gasteiger partial charge < -0.3 is 14.6 Å². The lowest BCUT2D eigenvalue weighted by Gasteiger charge is -2.27. The molecule has 5 nitrogen and oxygen atoms in total. The molecule has 1 N–H and O–H groups in total. The van der Waals surface area contributed by atoms with Crippen molar-refractivity contribution in [2.75, 3.05) is 20.1 Å². The number of halogens is 1. The first kappa shape index (κ1) is 16.1. The summed E-state index contributed by atoms with van der Waals surface area (Å²) in [6.45, 7) is 0.779. The Morgan fingerprint density at radius 3 is 2.67 bits per heavy atom. The Morgan fingerprint density at radius 1 is 1.33 bits per heavy atom. The minimum atomic E-state index is -0.375. The lowest BCUT2D eigenvalue weighted by Crippen LogP contribution is -2.40. The zero-order valence-electron chi connectivity index (χ0n) is 12.2. The molecule has 1 aromatic heterocycles. The minimum Gasteiger partial charge on any atom is -0.444 e. The van der Waals surface area contributed by atoms with Gasteiger partial charge in [-0.3, -0.25) is 9.59 Å². The zero-order valence-corrected chi connectivity index (χ0v) is 13.8. The van der Waals surface area contributed by atoms with Gasteiger partial charge in [-0.15, -0.1) is 0 Å². The number of carbonyl (C=O) groups excluding carboxylic acids is 2. The fraction of sp³-hybridized carbons (Fsp3) is 0.600. The van der Waals surface area contributed by atoms with Crippen LogP contribution in [0.1, 0.15) is 42.7 Å². The molecule has 1 aliphatic rings. The Bertz CT molecular complexity index is 495. The molecule has 2 amide bonds. The fourth-order valence-electron chi connectivity index (χ4n) is 2.67. The first-order valence-corrected chi connectivity index (χ1v) is 8.13. The molecule has 0 unspecified atom stereocenters. The van der Waals surface area contributed by atoms with Crippen LogP contribution in [0.3, 0.4) is 0 Å². The van der Waals surface area contributed by atoms with Crippen LogP contribution >= 0.6 is 15.9 Å². The van der Waals surface area contributed by atoms with Crippen LogP contribution in [0.25, 0.3) is 0 Å². The maximum absolute atomic E-state index is 12.0. The van der Waals surface area contributed by atoms with E-state index in [2.05, 4.69) is 21.2 Å². The lowest BCUT2D eigenvalue weighted by molar-refractivity contribution is -0.129. The summed E-state index contributed by atoms with van der Waals surface area (Å²) in [6.07, 6.45) is 6.23. The summed E-state index contributed by atoms with van der Waals surface area (Å²) in [6, 6.07) is 3.21. The molecular weight excluding hydrogens is 336 g/mol. The van der Waals surface area contributed by atoms with Crippen LogP contribution in [-0.4, -0.2) is 36.9 Å². The van der Waals surface area contributed by atoms with Crippen molar-refractivity contribution in [1.82, 2.24) is 10.2 Å². The zero-order chi connectivity index (χ0) is 15.2. The average molecular weight is 357 g/mol. The van der Waals surface area contributed by atoms with Crippen molar-refractivity contribution in [3.63, 3.8) is 0 Å². The third-order valence-corrected chi connectivity index (χ3v) is 4.31. The molecule has 1 aromatic rings. The molecule has 1 heterocycles. The van der Waals surface area contributed by atoms with Crippen LogP contribution in [0, 0.1) is 5.92 Å². The van der Waals surface area contributed by atoms with E-state index in [-0.39, 0.29) is 24.1 Å². The second-order valence-electron chi connectivity index (χ2n) is 5.56. The second-order valence-corrected chi connectivity index (χ2v) is 6.35. The lowest BCUT2D eigenvalue weighted by atomic mass is 9.89. The first-order valence-electron chi connectivity index (χ1n) is 7.34. The number of hydrogen-bond acceptors (Lipinski definition) is 3. The maximum atomic E-state index is 12.0. The van der Waals surface area contributed by atoms with Crippen molar-refractivity contribution in [3.05, 3.63) is 22.6 Å². The normalized spacial score (nSPS) is 15.7. The van der Waals surface area contributed by atoms with E-state index in [1.165, 1.54) is 32.1 Å².